The highest BCUT2D eigenvalue weighted by Crippen LogP contribution is 2.21. The van der Waals surface area contributed by atoms with E-state index in [2.05, 4.69) is 53.4 Å². The summed E-state index contributed by atoms with van der Waals surface area (Å²) in [7, 11) is 0. The first-order valence-corrected chi connectivity index (χ1v) is 8.55. The second-order valence-corrected chi connectivity index (χ2v) is 6.59. The number of carbonyl (C=O) groups excluding carboxylic acids is 1. The van der Waals surface area contributed by atoms with Crippen molar-refractivity contribution in [2.75, 3.05) is 6.54 Å². The lowest BCUT2D eigenvalue weighted by molar-refractivity contribution is 0.0950. The summed E-state index contributed by atoms with van der Waals surface area (Å²) in [5.74, 6) is -0.0619. The molecule has 0 bridgehead atoms. The second-order valence-electron chi connectivity index (χ2n) is 6.59. The van der Waals surface area contributed by atoms with Crippen LogP contribution in [0.15, 0.2) is 48.7 Å². The molecule has 0 unspecified atom stereocenters. The topological polar surface area (TPSA) is 60.7 Å². The van der Waals surface area contributed by atoms with Crippen molar-refractivity contribution in [3.05, 3.63) is 71.0 Å². The Labute approximate surface area is 146 Å². The van der Waals surface area contributed by atoms with Crippen molar-refractivity contribution >= 4 is 27.7 Å². The smallest absolute Gasteiger partial charge is 0.267 e. The van der Waals surface area contributed by atoms with Crippen molar-refractivity contribution in [3.63, 3.8) is 0 Å². The normalized spacial score (nSPS) is 11.3. The number of nitrogens with one attached hydrogen (secondary N) is 3. The third-order valence-electron chi connectivity index (χ3n) is 4.69. The first-order valence-electron chi connectivity index (χ1n) is 8.55. The highest BCUT2D eigenvalue weighted by molar-refractivity contribution is 5.99. The van der Waals surface area contributed by atoms with E-state index in [4.69, 9.17) is 0 Å². The zero-order chi connectivity index (χ0) is 17.4. The average Bonchev–Trinajstić information content (AvgIpc) is 3.19. The van der Waals surface area contributed by atoms with Gasteiger partial charge in [0.2, 0.25) is 0 Å². The molecule has 0 aliphatic rings. The van der Waals surface area contributed by atoms with Gasteiger partial charge in [0.05, 0.1) is 0 Å². The van der Waals surface area contributed by atoms with E-state index in [9.17, 15) is 4.79 Å². The van der Waals surface area contributed by atoms with Gasteiger partial charge in [0.25, 0.3) is 5.91 Å². The lowest BCUT2D eigenvalue weighted by Gasteiger charge is -2.03. The standard InChI is InChI=1S/C21H21N3O/c1-13-9-14(2)17-11-20(24-19(17)10-13)21(25)22-8-7-15-12-23-18-6-4-3-5-16(15)18/h3-6,9-12,23-24H,7-8H2,1-2H3,(H,22,25). The molecule has 0 spiro atoms. The van der Waals surface area contributed by atoms with Gasteiger partial charge in [-0.15, -0.1) is 0 Å². The molecule has 0 radical (unpaired) electrons. The van der Waals surface area contributed by atoms with E-state index < -0.39 is 0 Å². The summed E-state index contributed by atoms with van der Waals surface area (Å²) in [5, 5.41) is 5.33. The molecule has 2 heterocycles. The predicted molar refractivity (Wildman–Crippen MR) is 102 cm³/mol. The summed E-state index contributed by atoms with van der Waals surface area (Å²) >= 11 is 0. The minimum Gasteiger partial charge on any atom is -0.361 e. The van der Waals surface area contributed by atoms with Gasteiger partial charge in [0.1, 0.15) is 5.69 Å². The third-order valence-corrected chi connectivity index (χ3v) is 4.69. The Bertz CT molecular complexity index is 1070. The summed E-state index contributed by atoms with van der Waals surface area (Å²) in [6.07, 6.45) is 2.82. The van der Waals surface area contributed by atoms with Gasteiger partial charge in [0.15, 0.2) is 0 Å². The fraction of sp³-hybridized carbons (Fsp3) is 0.190. The lowest BCUT2D eigenvalue weighted by Crippen LogP contribution is -2.25. The van der Waals surface area contributed by atoms with Gasteiger partial charge >= 0.3 is 0 Å². The molecule has 0 aliphatic heterocycles. The number of benzene rings is 2. The van der Waals surface area contributed by atoms with Gasteiger partial charge in [-0.25, -0.2) is 0 Å². The van der Waals surface area contributed by atoms with Crippen LogP contribution in [0.5, 0.6) is 0 Å². The van der Waals surface area contributed by atoms with Crippen LogP contribution in [-0.2, 0) is 6.42 Å². The number of fused-ring (bicyclic) bond motifs is 2. The van der Waals surface area contributed by atoms with Crippen LogP contribution < -0.4 is 5.32 Å². The molecule has 2 aromatic carbocycles. The Morgan fingerprint density at radius 3 is 2.76 bits per heavy atom. The summed E-state index contributed by atoms with van der Waals surface area (Å²) in [6.45, 7) is 4.74. The summed E-state index contributed by atoms with van der Waals surface area (Å²) in [6, 6.07) is 14.4. The molecule has 2 aromatic heterocycles. The Balaban J connectivity index is 1.46. The first-order chi connectivity index (χ1) is 12.1. The Morgan fingerprint density at radius 1 is 1.04 bits per heavy atom. The molecule has 25 heavy (non-hydrogen) atoms. The number of carbonyl (C=O) groups is 1. The number of H-pyrrole nitrogens is 2. The van der Waals surface area contributed by atoms with Crippen LogP contribution in [0.3, 0.4) is 0 Å². The molecule has 0 saturated heterocycles. The van der Waals surface area contributed by atoms with E-state index in [1.165, 1.54) is 22.1 Å². The summed E-state index contributed by atoms with van der Waals surface area (Å²) in [4.78, 5) is 19.0. The molecule has 1 amide bonds. The predicted octanol–water partition coefficient (Wildman–Crippen LogP) is 4.24. The number of hydrogen-bond acceptors (Lipinski definition) is 1. The molecule has 4 nitrogen and oxygen atoms in total. The van der Waals surface area contributed by atoms with Crippen molar-refractivity contribution < 1.29 is 4.79 Å². The van der Waals surface area contributed by atoms with Gasteiger partial charge in [-0.2, -0.15) is 0 Å². The molecule has 3 N–H and O–H groups in total. The van der Waals surface area contributed by atoms with E-state index in [1.54, 1.807) is 0 Å². The summed E-state index contributed by atoms with van der Waals surface area (Å²) in [5.41, 5.74) is 6.36. The van der Waals surface area contributed by atoms with E-state index in [0.717, 1.165) is 22.8 Å². The van der Waals surface area contributed by atoms with Gasteiger partial charge in [-0.3, -0.25) is 4.79 Å². The second kappa shape index (κ2) is 6.13. The van der Waals surface area contributed by atoms with Crippen LogP contribution in [-0.4, -0.2) is 22.4 Å². The lowest BCUT2D eigenvalue weighted by atomic mass is 10.1. The van der Waals surface area contributed by atoms with Crippen LogP contribution in [0.25, 0.3) is 21.8 Å². The maximum absolute atomic E-state index is 12.5. The number of rotatable bonds is 4. The zero-order valence-corrected chi connectivity index (χ0v) is 14.4. The fourth-order valence-electron chi connectivity index (χ4n) is 3.47. The first kappa shape index (κ1) is 15.5. The highest BCUT2D eigenvalue weighted by atomic mass is 16.1. The van der Waals surface area contributed by atoms with Crippen molar-refractivity contribution in [2.24, 2.45) is 0 Å². The van der Waals surface area contributed by atoms with Crippen LogP contribution in [0.4, 0.5) is 0 Å². The van der Waals surface area contributed by atoms with E-state index in [0.29, 0.717) is 12.2 Å². The molecule has 4 heteroatoms. The van der Waals surface area contributed by atoms with Crippen LogP contribution >= 0.6 is 0 Å². The van der Waals surface area contributed by atoms with Crippen LogP contribution in [0, 0.1) is 13.8 Å². The summed E-state index contributed by atoms with van der Waals surface area (Å²) < 4.78 is 0. The van der Waals surface area contributed by atoms with Crippen molar-refractivity contribution in [3.8, 4) is 0 Å². The number of amides is 1. The Morgan fingerprint density at radius 2 is 1.88 bits per heavy atom. The monoisotopic (exact) mass is 331 g/mol. The van der Waals surface area contributed by atoms with Crippen molar-refractivity contribution in [1.82, 2.24) is 15.3 Å². The molecule has 0 fully saturated rings. The van der Waals surface area contributed by atoms with Gasteiger partial charge < -0.3 is 15.3 Å². The minimum absolute atomic E-state index is 0.0619. The molecular weight excluding hydrogens is 310 g/mol. The van der Waals surface area contributed by atoms with E-state index >= 15 is 0 Å². The third kappa shape index (κ3) is 2.91. The number of aromatic amines is 2. The zero-order valence-electron chi connectivity index (χ0n) is 14.4. The minimum atomic E-state index is -0.0619. The molecule has 126 valence electrons. The largest absolute Gasteiger partial charge is 0.361 e. The van der Waals surface area contributed by atoms with Crippen molar-refractivity contribution in [2.45, 2.75) is 20.3 Å². The van der Waals surface area contributed by atoms with Gasteiger partial charge in [-0.05, 0) is 55.2 Å². The quantitative estimate of drug-likeness (QED) is 0.515. The van der Waals surface area contributed by atoms with Gasteiger partial charge in [-0.1, -0.05) is 24.3 Å². The Hall–Kier alpha value is -3.01. The fourth-order valence-corrected chi connectivity index (χ4v) is 3.47. The van der Waals surface area contributed by atoms with E-state index in [-0.39, 0.29) is 5.91 Å². The maximum Gasteiger partial charge on any atom is 0.267 e. The molecular formula is C21H21N3O. The molecule has 4 rings (SSSR count). The van der Waals surface area contributed by atoms with Crippen LogP contribution in [0.1, 0.15) is 27.2 Å². The van der Waals surface area contributed by atoms with Crippen LogP contribution in [0.2, 0.25) is 0 Å². The molecule has 0 aliphatic carbocycles. The number of aromatic nitrogens is 2. The van der Waals surface area contributed by atoms with E-state index in [1.807, 2.05) is 24.4 Å². The molecule has 4 aromatic rings. The maximum atomic E-state index is 12.5. The van der Waals surface area contributed by atoms with Crippen molar-refractivity contribution in [1.29, 1.82) is 0 Å². The Kier molecular flexibility index (Phi) is 3.80. The number of para-hydroxylation sites is 1. The average molecular weight is 331 g/mol. The number of aryl methyl sites for hydroxylation is 2. The number of hydrogen-bond donors (Lipinski definition) is 3. The molecule has 0 atom stereocenters. The van der Waals surface area contributed by atoms with Gasteiger partial charge in [0, 0.05) is 34.5 Å². The highest BCUT2D eigenvalue weighted by Gasteiger charge is 2.11. The molecule has 0 saturated carbocycles. The SMILES string of the molecule is Cc1cc(C)c2cc(C(=O)NCCc3c[nH]c4ccccc34)[nH]c2c1.